The van der Waals surface area contributed by atoms with E-state index in [0.29, 0.717) is 4.99 Å². The SMILES string of the molecule is CCn1cc(Nc2c(C(N)=S)c(C)nn2C)cn1. The van der Waals surface area contributed by atoms with E-state index in [-0.39, 0.29) is 0 Å². The number of hydrogen-bond donors (Lipinski definition) is 2. The summed E-state index contributed by atoms with van der Waals surface area (Å²) in [5.74, 6) is 0.788. The van der Waals surface area contributed by atoms with Crippen LogP contribution < -0.4 is 11.1 Å². The van der Waals surface area contributed by atoms with E-state index >= 15 is 0 Å². The Morgan fingerprint density at radius 2 is 2.28 bits per heavy atom. The van der Waals surface area contributed by atoms with Gasteiger partial charge in [-0.2, -0.15) is 10.2 Å². The molecule has 0 bridgehead atoms. The van der Waals surface area contributed by atoms with Crippen molar-refractivity contribution >= 4 is 28.7 Å². The Labute approximate surface area is 111 Å². The molecular formula is C11H16N6S. The highest BCUT2D eigenvalue weighted by Gasteiger charge is 2.16. The molecule has 0 aliphatic rings. The summed E-state index contributed by atoms with van der Waals surface area (Å²) in [6.45, 7) is 4.74. The van der Waals surface area contributed by atoms with Gasteiger partial charge < -0.3 is 11.1 Å². The van der Waals surface area contributed by atoms with E-state index in [9.17, 15) is 0 Å². The van der Waals surface area contributed by atoms with Crippen LogP contribution in [0.15, 0.2) is 12.4 Å². The van der Waals surface area contributed by atoms with Crippen LogP contribution in [0.5, 0.6) is 0 Å². The number of thiocarbonyl (C=S) groups is 1. The molecule has 0 atom stereocenters. The summed E-state index contributed by atoms with van der Waals surface area (Å²) in [4.78, 5) is 0.339. The average Bonchev–Trinajstić information content (AvgIpc) is 2.85. The molecule has 7 heteroatoms. The van der Waals surface area contributed by atoms with Gasteiger partial charge in [0.1, 0.15) is 10.8 Å². The smallest absolute Gasteiger partial charge is 0.139 e. The van der Waals surface area contributed by atoms with Crippen LogP contribution in [-0.4, -0.2) is 24.5 Å². The number of rotatable bonds is 4. The van der Waals surface area contributed by atoms with Gasteiger partial charge in [-0.1, -0.05) is 12.2 Å². The molecule has 0 saturated heterocycles. The van der Waals surface area contributed by atoms with E-state index in [1.165, 1.54) is 0 Å². The zero-order chi connectivity index (χ0) is 13.3. The number of anilines is 2. The molecule has 0 aromatic carbocycles. The van der Waals surface area contributed by atoms with Crippen molar-refractivity contribution in [1.82, 2.24) is 19.6 Å². The summed E-state index contributed by atoms with van der Waals surface area (Å²) >= 11 is 5.06. The molecule has 18 heavy (non-hydrogen) atoms. The largest absolute Gasteiger partial charge is 0.389 e. The van der Waals surface area contributed by atoms with Crippen molar-refractivity contribution in [2.45, 2.75) is 20.4 Å². The number of nitrogens with two attached hydrogens (primary N) is 1. The lowest BCUT2D eigenvalue weighted by Gasteiger charge is -2.06. The molecule has 0 fully saturated rings. The van der Waals surface area contributed by atoms with Gasteiger partial charge in [-0.05, 0) is 13.8 Å². The maximum absolute atomic E-state index is 5.73. The summed E-state index contributed by atoms with van der Waals surface area (Å²) in [7, 11) is 1.85. The Bertz CT molecular complexity index is 582. The molecule has 0 unspecified atom stereocenters. The molecule has 2 aromatic heterocycles. The highest BCUT2D eigenvalue weighted by atomic mass is 32.1. The second-order valence-corrected chi connectivity index (χ2v) is 4.45. The van der Waals surface area contributed by atoms with Gasteiger partial charge in [0.15, 0.2) is 0 Å². The lowest BCUT2D eigenvalue weighted by atomic mass is 10.2. The molecule has 0 radical (unpaired) electrons. The number of aromatic nitrogens is 4. The molecule has 0 amide bonds. The molecular weight excluding hydrogens is 248 g/mol. The van der Waals surface area contributed by atoms with Crippen LogP contribution >= 0.6 is 12.2 Å². The van der Waals surface area contributed by atoms with Crippen LogP contribution in [-0.2, 0) is 13.6 Å². The normalized spacial score (nSPS) is 10.6. The lowest BCUT2D eigenvalue weighted by molar-refractivity contribution is 0.660. The molecule has 0 aliphatic carbocycles. The fraction of sp³-hybridized carbons (Fsp3) is 0.364. The Hall–Kier alpha value is -1.89. The Morgan fingerprint density at radius 3 is 2.83 bits per heavy atom. The zero-order valence-corrected chi connectivity index (χ0v) is 11.5. The summed E-state index contributed by atoms with van der Waals surface area (Å²) < 4.78 is 3.57. The van der Waals surface area contributed by atoms with E-state index in [1.807, 2.05) is 31.8 Å². The Balaban J connectivity index is 2.36. The highest BCUT2D eigenvalue weighted by Crippen LogP contribution is 2.22. The Morgan fingerprint density at radius 1 is 1.56 bits per heavy atom. The average molecular weight is 264 g/mol. The summed E-state index contributed by atoms with van der Waals surface area (Å²) in [6.07, 6.45) is 3.68. The van der Waals surface area contributed by atoms with E-state index in [0.717, 1.165) is 29.3 Å². The van der Waals surface area contributed by atoms with Crippen LogP contribution in [0.1, 0.15) is 18.2 Å². The molecule has 3 N–H and O–H groups in total. The first-order valence-corrected chi connectivity index (χ1v) is 6.06. The maximum Gasteiger partial charge on any atom is 0.139 e. The third kappa shape index (κ3) is 2.21. The topological polar surface area (TPSA) is 73.7 Å². The second kappa shape index (κ2) is 4.77. The summed E-state index contributed by atoms with van der Waals surface area (Å²) in [5, 5.41) is 11.8. The van der Waals surface area contributed by atoms with Crippen molar-refractivity contribution in [2.75, 3.05) is 5.32 Å². The fourth-order valence-electron chi connectivity index (χ4n) is 1.83. The van der Waals surface area contributed by atoms with E-state index in [4.69, 9.17) is 18.0 Å². The van der Waals surface area contributed by atoms with Gasteiger partial charge in [0.25, 0.3) is 0 Å². The fourth-order valence-corrected chi connectivity index (χ4v) is 2.08. The summed E-state index contributed by atoms with van der Waals surface area (Å²) in [6, 6.07) is 0. The predicted molar refractivity (Wildman–Crippen MR) is 75.0 cm³/mol. The van der Waals surface area contributed by atoms with Crippen LogP contribution in [0.4, 0.5) is 11.5 Å². The van der Waals surface area contributed by atoms with Crippen LogP contribution in [0.25, 0.3) is 0 Å². The van der Waals surface area contributed by atoms with Crippen molar-refractivity contribution in [3.8, 4) is 0 Å². The zero-order valence-electron chi connectivity index (χ0n) is 10.6. The number of nitrogens with one attached hydrogen (secondary N) is 1. The molecule has 0 spiro atoms. The van der Waals surface area contributed by atoms with Crippen LogP contribution in [0.3, 0.4) is 0 Å². The molecule has 0 saturated carbocycles. The first-order chi connectivity index (χ1) is 8.52. The predicted octanol–water partition coefficient (Wildman–Crippen LogP) is 1.32. The van der Waals surface area contributed by atoms with E-state index < -0.39 is 0 Å². The van der Waals surface area contributed by atoms with Crippen LogP contribution in [0.2, 0.25) is 0 Å². The van der Waals surface area contributed by atoms with Gasteiger partial charge in [-0.3, -0.25) is 9.36 Å². The van der Waals surface area contributed by atoms with Crippen molar-refractivity contribution in [1.29, 1.82) is 0 Å². The third-order valence-electron chi connectivity index (χ3n) is 2.69. The number of aryl methyl sites for hydroxylation is 3. The quantitative estimate of drug-likeness (QED) is 0.815. The highest BCUT2D eigenvalue weighted by molar-refractivity contribution is 7.80. The molecule has 0 aliphatic heterocycles. The van der Waals surface area contributed by atoms with Gasteiger partial charge >= 0.3 is 0 Å². The van der Waals surface area contributed by atoms with Crippen molar-refractivity contribution in [3.63, 3.8) is 0 Å². The number of nitrogens with zero attached hydrogens (tertiary/aromatic N) is 4. The minimum atomic E-state index is 0.339. The number of hydrogen-bond acceptors (Lipinski definition) is 4. The van der Waals surface area contributed by atoms with Crippen LogP contribution in [0, 0.1) is 6.92 Å². The molecule has 6 nitrogen and oxygen atoms in total. The van der Waals surface area contributed by atoms with Gasteiger partial charge in [0, 0.05) is 19.8 Å². The standard InChI is InChI=1S/C11H16N6S/c1-4-17-6-8(5-13-17)14-11-9(10(12)18)7(2)15-16(11)3/h5-6,14H,4H2,1-3H3,(H2,12,18). The monoisotopic (exact) mass is 264 g/mol. The van der Waals surface area contributed by atoms with E-state index in [2.05, 4.69) is 15.5 Å². The van der Waals surface area contributed by atoms with Crippen molar-refractivity contribution in [2.24, 2.45) is 12.8 Å². The first-order valence-electron chi connectivity index (χ1n) is 5.65. The second-order valence-electron chi connectivity index (χ2n) is 4.01. The molecule has 2 heterocycles. The van der Waals surface area contributed by atoms with E-state index in [1.54, 1.807) is 10.9 Å². The maximum atomic E-state index is 5.73. The first kappa shape index (κ1) is 12.6. The molecule has 96 valence electrons. The molecule has 2 aromatic rings. The van der Waals surface area contributed by atoms with Gasteiger partial charge in [0.05, 0.1) is 23.1 Å². The minimum absolute atomic E-state index is 0.339. The molecule has 2 rings (SSSR count). The van der Waals surface area contributed by atoms with Gasteiger partial charge in [0.2, 0.25) is 0 Å². The minimum Gasteiger partial charge on any atom is -0.389 e. The summed E-state index contributed by atoms with van der Waals surface area (Å²) in [5.41, 5.74) is 8.21. The third-order valence-corrected chi connectivity index (χ3v) is 2.89. The lowest BCUT2D eigenvalue weighted by Crippen LogP contribution is -2.12. The van der Waals surface area contributed by atoms with Crippen molar-refractivity contribution in [3.05, 3.63) is 23.7 Å². The van der Waals surface area contributed by atoms with Crippen molar-refractivity contribution < 1.29 is 0 Å². The Kier molecular flexibility index (Phi) is 3.33. The van der Waals surface area contributed by atoms with Gasteiger partial charge in [-0.25, -0.2) is 0 Å². The van der Waals surface area contributed by atoms with Gasteiger partial charge in [-0.15, -0.1) is 0 Å².